The predicted molar refractivity (Wildman–Crippen MR) is 61.8 cm³/mol. The van der Waals surface area contributed by atoms with Crippen LogP contribution in [0.25, 0.3) is 0 Å². The molecule has 1 heterocycles. The highest BCUT2D eigenvalue weighted by Gasteiger charge is 2.09. The summed E-state index contributed by atoms with van der Waals surface area (Å²) in [7, 11) is 0. The first-order valence-electron chi connectivity index (χ1n) is 4.97. The minimum atomic E-state index is 0.461. The number of aryl methyl sites for hydroxylation is 2. The van der Waals surface area contributed by atoms with E-state index in [1.54, 1.807) is 12.1 Å². The van der Waals surface area contributed by atoms with Crippen molar-refractivity contribution in [3.05, 3.63) is 46.3 Å². The second kappa shape index (κ2) is 4.58. The summed E-state index contributed by atoms with van der Waals surface area (Å²) in [6.45, 7) is 4.24. The van der Waals surface area contributed by atoms with Crippen molar-refractivity contribution in [2.75, 3.05) is 0 Å². The summed E-state index contributed by atoms with van der Waals surface area (Å²) in [5.41, 5.74) is 1.86. The van der Waals surface area contributed by atoms with Gasteiger partial charge in [0.1, 0.15) is 18.1 Å². The Bertz CT molecular complexity index is 457. The highest BCUT2D eigenvalue weighted by Crippen LogP contribution is 2.19. The fraction of sp³-hybridized carbons (Fsp3) is 0.250. The molecule has 2 aromatic rings. The second-order valence-electron chi connectivity index (χ2n) is 3.55. The van der Waals surface area contributed by atoms with Gasteiger partial charge in [-0.3, -0.25) is 0 Å². The molecule has 16 heavy (non-hydrogen) atoms. The van der Waals surface area contributed by atoms with Gasteiger partial charge in [-0.25, -0.2) is 0 Å². The SMILES string of the molecule is Cc1noc(C)c1COc1ccc(Cl)cc1. The maximum Gasteiger partial charge on any atom is 0.140 e. The van der Waals surface area contributed by atoms with Gasteiger partial charge in [-0.1, -0.05) is 16.8 Å². The van der Waals surface area contributed by atoms with Crippen LogP contribution in [-0.4, -0.2) is 5.16 Å². The van der Waals surface area contributed by atoms with Crippen LogP contribution < -0.4 is 4.74 Å². The van der Waals surface area contributed by atoms with Gasteiger partial charge in [-0.15, -0.1) is 0 Å². The molecule has 1 aromatic heterocycles. The van der Waals surface area contributed by atoms with Crippen LogP contribution in [-0.2, 0) is 6.61 Å². The van der Waals surface area contributed by atoms with Crippen molar-refractivity contribution in [2.45, 2.75) is 20.5 Å². The smallest absolute Gasteiger partial charge is 0.140 e. The molecule has 0 fully saturated rings. The Morgan fingerprint density at radius 1 is 1.25 bits per heavy atom. The highest BCUT2D eigenvalue weighted by atomic mass is 35.5. The van der Waals surface area contributed by atoms with E-state index in [0.717, 1.165) is 22.8 Å². The number of ether oxygens (including phenoxy) is 1. The lowest BCUT2D eigenvalue weighted by Crippen LogP contribution is -1.97. The number of nitrogens with zero attached hydrogens (tertiary/aromatic N) is 1. The van der Waals surface area contributed by atoms with Crippen molar-refractivity contribution in [3.63, 3.8) is 0 Å². The van der Waals surface area contributed by atoms with E-state index in [9.17, 15) is 0 Å². The standard InChI is InChI=1S/C12H12ClNO2/c1-8-12(9(2)16-14-8)7-15-11-5-3-10(13)4-6-11/h3-6H,7H2,1-2H3. The Hall–Kier alpha value is -1.48. The summed E-state index contributed by atoms with van der Waals surface area (Å²) >= 11 is 5.78. The molecule has 0 spiro atoms. The van der Waals surface area contributed by atoms with Gasteiger partial charge in [-0.2, -0.15) is 0 Å². The second-order valence-corrected chi connectivity index (χ2v) is 3.98. The molecule has 0 saturated heterocycles. The molecule has 4 heteroatoms. The number of aromatic nitrogens is 1. The van der Waals surface area contributed by atoms with Crippen molar-refractivity contribution in [1.82, 2.24) is 5.16 Å². The first-order valence-corrected chi connectivity index (χ1v) is 5.34. The molecule has 0 bridgehead atoms. The third-order valence-electron chi connectivity index (χ3n) is 2.38. The first-order chi connectivity index (χ1) is 7.66. The summed E-state index contributed by atoms with van der Waals surface area (Å²) in [6.07, 6.45) is 0. The predicted octanol–water partition coefficient (Wildman–Crippen LogP) is 3.52. The van der Waals surface area contributed by atoms with Crippen LogP contribution in [0.15, 0.2) is 28.8 Å². The summed E-state index contributed by atoms with van der Waals surface area (Å²) in [4.78, 5) is 0. The largest absolute Gasteiger partial charge is 0.489 e. The fourth-order valence-corrected chi connectivity index (χ4v) is 1.52. The molecule has 0 atom stereocenters. The molecule has 0 saturated carbocycles. The molecule has 0 aliphatic heterocycles. The molecular weight excluding hydrogens is 226 g/mol. The zero-order valence-corrected chi connectivity index (χ0v) is 9.91. The van der Waals surface area contributed by atoms with Gasteiger partial charge in [0.25, 0.3) is 0 Å². The zero-order valence-electron chi connectivity index (χ0n) is 9.16. The lowest BCUT2D eigenvalue weighted by Gasteiger charge is -2.05. The number of benzene rings is 1. The number of halogens is 1. The topological polar surface area (TPSA) is 35.3 Å². The van der Waals surface area contributed by atoms with Crippen molar-refractivity contribution in [1.29, 1.82) is 0 Å². The lowest BCUT2D eigenvalue weighted by molar-refractivity contribution is 0.301. The van der Waals surface area contributed by atoms with E-state index in [-0.39, 0.29) is 0 Å². The zero-order chi connectivity index (χ0) is 11.5. The Morgan fingerprint density at radius 3 is 2.50 bits per heavy atom. The van der Waals surface area contributed by atoms with Gasteiger partial charge >= 0.3 is 0 Å². The molecule has 0 aliphatic carbocycles. The van der Waals surface area contributed by atoms with Crippen LogP contribution in [0, 0.1) is 13.8 Å². The van der Waals surface area contributed by atoms with Gasteiger partial charge in [0.05, 0.1) is 11.3 Å². The van der Waals surface area contributed by atoms with E-state index in [1.807, 2.05) is 26.0 Å². The highest BCUT2D eigenvalue weighted by molar-refractivity contribution is 6.30. The average molecular weight is 238 g/mol. The molecule has 2 rings (SSSR count). The van der Waals surface area contributed by atoms with Gasteiger partial charge in [-0.05, 0) is 38.1 Å². The van der Waals surface area contributed by atoms with Crippen LogP contribution in [0.2, 0.25) is 5.02 Å². The number of hydrogen-bond acceptors (Lipinski definition) is 3. The molecule has 0 aliphatic rings. The van der Waals surface area contributed by atoms with E-state index in [0.29, 0.717) is 11.6 Å². The van der Waals surface area contributed by atoms with E-state index in [2.05, 4.69) is 5.16 Å². The minimum absolute atomic E-state index is 0.461. The maximum atomic E-state index is 5.78. The van der Waals surface area contributed by atoms with Crippen LogP contribution in [0.5, 0.6) is 5.75 Å². The third kappa shape index (κ3) is 2.36. The van der Waals surface area contributed by atoms with E-state index in [4.69, 9.17) is 20.9 Å². The van der Waals surface area contributed by atoms with Gasteiger partial charge in [0, 0.05) is 5.02 Å². The van der Waals surface area contributed by atoms with E-state index < -0.39 is 0 Å². The lowest BCUT2D eigenvalue weighted by atomic mass is 10.2. The summed E-state index contributed by atoms with van der Waals surface area (Å²) in [5.74, 6) is 1.58. The van der Waals surface area contributed by atoms with Crippen LogP contribution in [0.1, 0.15) is 17.0 Å². The van der Waals surface area contributed by atoms with Crippen LogP contribution in [0.4, 0.5) is 0 Å². The molecule has 0 amide bonds. The Labute approximate surface area is 99.0 Å². The van der Waals surface area contributed by atoms with Gasteiger partial charge in [0.2, 0.25) is 0 Å². The molecule has 0 unspecified atom stereocenters. The van der Waals surface area contributed by atoms with E-state index >= 15 is 0 Å². The Balaban J connectivity index is 2.05. The van der Waals surface area contributed by atoms with Crippen LogP contribution >= 0.6 is 11.6 Å². The Kier molecular flexibility index (Phi) is 3.15. The fourth-order valence-electron chi connectivity index (χ4n) is 1.39. The molecule has 3 nitrogen and oxygen atoms in total. The molecule has 0 radical (unpaired) electrons. The quantitative estimate of drug-likeness (QED) is 0.819. The summed E-state index contributed by atoms with van der Waals surface area (Å²) in [5, 5.41) is 4.57. The first kappa shape index (κ1) is 11.0. The van der Waals surface area contributed by atoms with Crippen molar-refractivity contribution in [2.24, 2.45) is 0 Å². The molecule has 0 N–H and O–H groups in total. The van der Waals surface area contributed by atoms with Gasteiger partial charge in [0.15, 0.2) is 0 Å². The summed E-state index contributed by atoms with van der Waals surface area (Å²) in [6, 6.07) is 7.26. The van der Waals surface area contributed by atoms with Crippen molar-refractivity contribution < 1.29 is 9.26 Å². The monoisotopic (exact) mass is 237 g/mol. The maximum absolute atomic E-state index is 5.78. The summed E-state index contributed by atoms with van der Waals surface area (Å²) < 4.78 is 10.7. The molecule has 84 valence electrons. The number of hydrogen-bond donors (Lipinski definition) is 0. The minimum Gasteiger partial charge on any atom is -0.489 e. The molecular formula is C12H12ClNO2. The third-order valence-corrected chi connectivity index (χ3v) is 2.63. The molecule has 1 aromatic carbocycles. The van der Waals surface area contributed by atoms with Crippen molar-refractivity contribution >= 4 is 11.6 Å². The Morgan fingerprint density at radius 2 is 1.94 bits per heavy atom. The van der Waals surface area contributed by atoms with Gasteiger partial charge < -0.3 is 9.26 Å². The van der Waals surface area contributed by atoms with Crippen LogP contribution in [0.3, 0.4) is 0 Å². The average Bonchev–Trinajstić information content (AvgIpc) is 2.59. The van der Waals surface area contributed by atoms with Crippen molar-refractivity contribution in [3.8, 4) is 5.75 Å². The normalized spacial score (nSPS) is 10.4. The van der Waals surface area contributed by atoms with E-state index in [1.165, 1.54) is 0 Å². The number of rotatable bonds is 3.